The molecule has 0 atom stereocenters. The molecule has 0 radical (unpaired) electrons. The summed E-state index contributed by atoms with van der Waals surface area (Å²) in [5.74, 6) is 1.21. The highest BCUT2D eigenvalue weighted by atomic mass is 19.1. The largest absolute Gasteiger partial charge is 0.206 e. The molecular formula is C16H20F2. The molecule has 0 saturated heterocycles. The highest BCUT2D eigenvalue weighted by molar-refractivity contribution is 5.46. The zero-order valence-electron chi connectivity index (χ0n) is 11.9. The number of hydrogen-bond acceptors (Lipinski definition) is 0. The minimum absolute atomic E-state index is 0.0721. The summed E-state index contributed by atoms with van der Waals surface area (Å²) in [6.45, 7) is 11.0. The molecule has 0 heterocycles. The van der Waals surface area contributed by atoms with Crippen molar-refractivity contribution in [2.24, 2.45) is 0 Å². The maximum atomic E-state index is 14.5. The van der Waals surface area contributed by atoms with Gasteiger partial charge in [-0.3, -0.25) is 0 Å². The molecule has 18 heavy (non-hydrogen) atoms. The molecule has 2 heteroatoms. The highest BCUT2D eigenvalue weighted by Crippen LogP contribution is 2.35. The standard InChI is InChI=1S/C16H20F2/c1-8-10-9-11(15(2,3)4)14(18)12(13(10)17)16(5,6)7/h1,9H,2-7H3. The second-order valence-electron chi connectivity index (χ2n) is 6.62. The zero-order chi connectivity index (χ0) is 14.3. The van der Waals surface area contributed by atoms with E-state index in [1.807, 2.05) is 20.8 Å². The van der Waals surface area contributed by atoms with Crippen LogP contribution in [0.3, 0.4) is 0 Å². The first-order valence-corrected chi connectivity index (χ1v) is 5.99. The van der Waals surface area contributed by atoms with E-state index < -0.39 is 22.5 Å². The second kappa shape index (κ2) is 4.39. The van der Waals surface area contributed by atoms with Crippen molar-refractivity contribution in [1.29, 1.82) is 0 Å². The first-order chi connectivity index (χ1) is 8.00. The Morgan fingerprint density at radius 3 is 1.78 bits per heavy atom. The van der Waals surface area contributed by atoms with Crippen molar-refractivity contribution in [3.63, 3.8) is 0 Å². The third-order valence-electron chi connectivity index (χ3n) is 2.91. The van der Waals surface area contributed by atoms with E-state index >= 15 is 0 Å². The summed E-state index contributed by atoms with van der Waals surface area (Å²) in [6, 6.07) is 1.44. The van der Waals surface area contributed by atoms with E-state index in [1.165, 1.54) is 6.07 Å². The van der Waals surface area contributed by atoms with E-state index in [9.17, 15) is 8.78 Å². The van der Waals surface area contributed by atoms with Gasteiger partial charge in [-0.1, -0.05) is 47.5 Å². The van der Waals surface area contributed by atoms with Gasteiger partial charge in [0.25, 0.3) is 0 Å². The molecule has 0 aliphatic rings. The van der Waals surface area contributed by atoms with Crippen LogP contribution in [0.1, 0.15) is 58.2 Å². The Labute approximate surface area is 108 Å². The van der Waals surface area contributed by atoms with Gasteiger partial charge in [-0.15, -0.1) is 6.42 Å². The Bertz CT molecular complexity index is 506. The number of hydrogen-bond donors (Lipinski definition) is 0. The maximum Gasteiger partial charge on any atom is 0.145 e. The van der Waals surface area contributed by atoms with E-state index in [-0.39, 0.29) is 11.1 Å². The van der Waals surface area contributed by atoms with Crippen LogP contribution in [0.25, 0.3) is 0 Å². The Hall–Kier alpha value is -1.36. The number of terminal acetylenes is 1. The fraction of sp³-hybridized carbons (Fsp3) is 0.500. The van der Waals surface area contributed by atoms with Crippen molar-refractivity contribution in [2.75, 3.05) is 0 Å². The van der Waals surface area contributed by atoms with Crippen LogP contribution in [0.2, 0.25) is 0 Å². The normalized spacial score (nSPS) is 12.4. The lowest BCUT2D eigenvalue weighted by Crippen LogP contribution is -2.23. The first-order valence-electron chi connectivity index (χ1n) is 5.99. The van der Waals surface area contributed by atoms with Crippen molar-refractivity contribution in [1.82, 2.24) is 0 Å². The third-order valence-corrected chi connectivity index (χ3v) is 2.91. The Morgan fingerprint density at radius 2 is 1.44 bits per heavy atom. The molecule has 0 spiro atoms. The molecule has 0 amide bonds. The summed E-state index contributed by atoms with van der Waals surface area (Å²) in [5, 5.41) is 0. The summed E-state index contributed by atoms with van der Waals surface area (Å²) >= 11 is 0. The van der Waals surface area contributed by atoms with E-state index in [1.54, 1.807) is 20.8 Å². The fourth-order valence-electron chi connectivity index (χ4n) is 1.95. The molecule has 0 saturated carbocycles. The van der Waals surface area contributed by atoms with Crippen LogP contribution in [0.5, 0.6) is 0 Å². The van der Waals surface area contributed by atoms with Crippen LogP contribution in [0.15, 0.2) is 6.07 Å². The van der Waals surface area contributed by atoms with Gasteiger partial charge in [0.15, 0.2) is 0 Å². The summed E-state index contributed by atoms with van der Waals surface area (Å²) in [7, 11) is 0. The van der Waals surface area contributed by atoms with E-state index in [0.717, 1.165) is 0 Å². The topological polar surface area (TPSA) is 0 Å². The van der Waals surface area contributed by atoms with Crippen molar-refractivity contribution >= 4 is 0 Å². The number of benzene rings is 1. The predicted octanol–water partition coefficient (Wildman–Crippen LogP) is 4.54. The van der Waals surface area contributed by atoms with Crippen molar-refractivity contribution in [3.05, 3.63) is 34.4 Å². The lowest BCUT2D eigenvalue weighted by Gasteiger charge is -2.27. The minimum atomic E-state index is -0.624. The monoisotopic (exact) mass is 250 g/mol. The molecule has 0 N–H and O–H groups in total. The van der Waals surface area contributed by atoms with Gasteiger partial charge in [-0.05, 0) is 22.5 Å². The van der Waals surface area contributed by atoms with Crippen LogP contribution < -0.4 is 0 Å². The van der Waals surface area contributed by atoms with E-state index in [4.69, 9.17) is 6.42 Å². The van der Waals surface area contributed by atoms with Gasteiger partial charge in [0.1, 0.15) is 11.6 Å². The number of halogens is 2. The molecule has 1 rings (SSSR count). The Kier molecular flexibility index (Phi) is 3.58. The third kappa shape index (κ3) is 2.56. The van der Waals surface area contributed by atoms with Crippen molar-refractivity contribution in [2.45, 2.75) is 52.4 Å². The highest BCUT2D eigenvalue weighted by Gasteiger charge is 2.30. The van der Waals surface area contributed by atoms with Gasteiger partial charge >= 0.3 is 0 Å². The van der Waals surface area contributed by atoms with Crippen molar-refractivity contribution < 1.29 is 8.78 Å². The molecule has 0 aliphatic heterocycles. The number of rotatable bonds is 0. The molecule has 1 aromatic carbocycles. The van der Waals surface area contributed by atoms with Gasteiger partial charge in [0.2, 0.25) is 0 Å². The van der Waals surface area contributed by atoms with Crippen LogP contribution in [0, 0.1) is 24.0 Å². The van der Waals surface area contributed by atoms with Gasteiger partial charge in [0.05, 0.1) is 5.56 Å². The van der Waals surface area contributed by atoms with E-state index in [0.29, 0.717) is 5.56 Å². The van der Waals surface area contributed by atoms with Crippen LogP contribution in [-0.2, 0) is 10.8 Å². The molecular weight excluding hydrogens is 230 g/mol. The van der Waals surface area contributed by atoms with E-state index in [2.05, 4.69) is 5.92 Å². The molecule has 0 fully saturated rings. The van der Waals surface area contributed by atoms with Crippen LogP contribution >= 0.6 is 0 Å². The van der Waals surface area contributed by atoms with Crippen LogP contribution in [0.4, 0.5) is 8.78 Å². The summed E-state index contributed by atoms with van der Waals surface area (Å²) in [4.78, 5) is 0. The second-order valence-corrected chi connectivity index (χ2v) is 6.62. The molecule has 0 aliphatic carbocycles. The quantitative estimate of drug-likeness (QED) is 0.593. The summed E-state index contributed by atoms with van der Waals surface area (Å²) in [5.41, 5.74) is -0.374. The summed E-state index contributed by atoms with van der Waals surface area (Å²) < 4.78 is 28.7. The molecule has 0 nitrogen and oxygen atoms in total. The molecule has 0 aromatic heterocycles. The van der Waals surface area contributed by atoms with Gasteiger partial charge in [0, 0.05) is 5.56 Å². The molecule has 1 aromatic rings. The van der Waals surface area contributed by atoms with Gasteiger partial charge in [-0.2, -0.15) is 0 Å². The minimum Gasteiger partial charge on any atom is -0.206 e. The van der Waals surface area contributed by atoms with Gasteiger partial charge in [-0.25, -0.2) is 8.78 Å². The Morgan fingerprint density at radius 1 is 0.944 bits per heavy atom. The smallest absolute Gasteiger partial charge is 0.145 e. The maximum absolute atomic E-state index is 14.5. The summed E-state index contributed by atoms with van der Waals surface area (Å²) in [6.07, 6.45) is 5.31. The Balaban J connectivity index is 3.78. The molecule has 0 bridgehead atoms. The SMILES string of the molecule is C#Cc1cc(C(C)(C)C)c(F)c(C(C)(C)C)c1F. The van der Waals surface area contributed by atoms with Crippen molar-refractivity contribution in [3.8, 4) is 12.3 Å². The molecule has 98 valence electrons. The lowest BCUT2D eigenvalue weighted by atomic mass is 9.78. The average Bonchev–Trinajstić information content (AvgIpc) is 2.13. The lowest BCUT2D eigenvalue weighted by molar-refractivity contribution is 0.449. The molecule has 0 unspecified atom stereocenters. The van der Waals surface area contributed by atoms with Crippen LogP contribution in [-0.4, -0.2) is 0 Å². The predicted molar refractivity (Wildman–Crippen MR) is 71.7 cm³/mol. The van der Waals surface area contributed by atoms with Gasteiger partial charge < -0.3 is 0 Å². The average molecular weight is 250 g/mol. The zero-order valence-corrected chi connectivity index (χ0v) is 11.9. The fourth-order valence-corrected chi connectivity index (χ4v) is 1.95. The first kappa shape index (κ1) is 14.7.